The minimum absolute atomic E-state index is 0.0510. The van der Waals surface area contributed by atoms with Gasteiger partial charge in [0.05, 0.1) is 18.0 Å². The maximum absolute atomic E-state index is 14.1. The van der Waals surface area contributed by atoms with Crippen molar-refractivity contribution >= 4 is 29.3 Å². The van der Waals surface area contributed by atoms with E-state index in [2.05, 4.69) is 15.4 Å². The fraction of sp³-hybridized carbons (Fsp3) is 0.120. The molecule has 0 atom stereocenters. The lowest BCUT2D eigenvalue weighted by Crippen LogP contribution is -2.26. The molecule has 6 nitrogen and oxygen atoms in total. The number of para-hydroxylation sites is 2. The third-order valence-electron chi connectivity index (χ3n) is 4.53. The quantitative estimate of drug-likeness (QED) is 0.177. The van der Waals surface area contributed by atoms with Gasteiger partial charge in [-0.25, -0.2) is 8.78 Å². The molecule has 0 aliphatic rings. The van der Waals surface area contributed by atoms with Gasteiger partial charge in [0.2, 0.25) is 0 Å². The molecule has 0 radical (unpaired) electrons. The fourth-order valence-electron chi connectivity index (χ4n) is 2.98. The molecular formula is C25H20F4N2O4. The molecule has 3 rings (SSSR count). The van der Waals surface area contributed by atoms with E-state index in [1.54, 1.807) is 6.92 Å². The molecule has 2 N–H and O–H groups in total. The Balaban J connectivity index is 2.00. The average molecular weight is 488 g/mol. The lowest BCUT2D eigenvalue weighted by Gasteiger charge is -2.13. The van der Waals surface area contributed by atoms with Gasteiger partial charge in [0, 0.05) is 0 Å². The number of alkyl halides is 2. The average Bonchev–Trinajstić information content (AvgIpc) is 2.81. The Morgan fingerprint density at radius 2 is 1.40 bits per heavy atom. The van der Waals surface area contributed by atoms with Gasteiger partial charge in [0.1, 0.15) is 17.2 Å². The van der Waals surface area contributed by atoms with Gasteiger partial charge in [-0.05, 0) is 55.0 Å². The Morgan fingerprint density at radius 1 is 0.857 bits per heavy atom. The largest absolute Gasteiger partial charge is 0.490 e. The molecule has 2 amide bonds. The second-order valence-electron chi connectivity index (χ2n) is 6.94. The highest BCUT2D eigenvalue weighted by atomic mass is 19.3. The molecule has 0 heterocycles. The Morgan fingerprint density at radius 3 is 1.89 bits per heavy atom. The molecule has 0 saturated heterocycles. The number of hydrogen-bond acceptors (Lipinski definition) is 4. The van der Waals surface area contributed by atoms with Crippen molar-refractivity contribution in [3.05, 3.63) is 89.5 Å². The van der Waals surface area contributed by atoms with Crippen LogP contribution in [0.3, 0.4) is 0 Å². The number of anilines is 2. The predicted molar refractivity (Wildman–Crippen MR) is 122 cm³/mol. The SMILES string of the molecule is CCOc1cc(C=C(C(=O)Nc2ccccc2F)C(=O)Nc2ccccc2F)ccc1OC(F)F. The number of halogens is 4. The Bertz CT molecular complexity index is 1190. The van der Waals surface area contributed by atoms with Crippen LogP contribution in [0.15, 0.2) is 72.3 Å². The van der Waals surface area contributed by atoms with Crippen molar-refractivity contribution in [3.63, 3.8) is 0 Å². The molecule has 0 bridgehead atoms. The second-order valence-corrected chi connectivity index (χ2v) is 6.94. The van der Waals surface area contributed by atoms with Crippen molar-refractivity contribution in [2.75, 3.05) is 17.2 Å². The first-order valence-electron chi connectivity index (χ1n) is 10.3. The van der Waals surface area contributed by atoms with E-state index in [1.807, 2.05) is 0 Å². The fourth-order valence-corrected chi connectivity index (χ4v) is 2.98. The maximum Gasteiger partial charge on any atom is 0.387 e. The van der Waals surface area contributed by atoms with Gasteiger partial charge >= 0.3 is 6.61 Å². The van der Waals surface area contributed by atoms with Crippen LogP contribution < -0.4 is 20.1 Å². The summed E-state index contributed by atoms with van der Waals surface area (Å²) in [6.45, 7) is -1.34. The second kappa shape index (κ2) is 11.7. The summed E-state index contributed by atoms with van der Waals surface area (Å²) in [4.78, 5) is 25.9. The summed E-state index contributed by atoms with van der Waals surface area (Å²) in [5.41, 5.74) is -0.672. The number of hydrogen-bond donors (Lipinski definition) is 2. The van der Waals surface area contributed by atoms with Crippen molar-refractivity contribution < 1.29 is 36.6 Å². The van der Waals surface area contributed by atoms with Crippen molar-refractivity contribution in [2.24, 2.45) is 0 Å². The first kappa shape index (κ1) is 25.3. The molecule has 0 saturated carbocycles. The molecule has 35 heavy (non-hydrogen) atoms. The van der Waals surface area contributed by atoms with Gasteiger partial charge in [-0.3, -0.25) is 9.59 Å². The van der Waals surface area contributed by atoms with Crippen molar-refractivity contribution in [3.8, 4) is 11.5 Å². The van der Waals surface area contributed by atoms with E-state index in [-0.39, 0.29) is 35.0 Å². The van der Waals surface area contributed by atoms with Crippen molar-refractivity contribution in [1.29, 1.82) is 0 Å². The number of carbonyl (C=O) groups is 2. The van der Waals surface area contributed by atoms with Crippen molar-refractivity contribution in [1.82, 2.24) is 0 Å². The first-order chi connectivity index (χ1) is 16.8. The van der Waals surface area contributed by atoms with Crippen LogP contribution in [0.2, 0.25) is 0 Å². The number of ether oxygens (including phenoxy) is 2. The van der Waals surface area contributed by atoms with Crippen LogP contribution in [0.5, 0.6) is 11.5 Å². The normalized spacial score (nSPS) is 10.5. The summed E-state index contributed by atoms with van der Waals surface area (Å²) in [5, 5.41) is 4.59. The molecule has 3 aromatic rings. The Hall–Kier alpha value is -4.34. The minimum atomic E-state index is -3.09. The van der Waals surface area contributed by atoms with E-state index in [9.17, 15) is 27.2 Å². The van der Waals surface area contributed by atoms with E-state index in [4.69, 9.17) is 4.74 Å². The van der Waals surface area contributed by atoms with Gasteiger partial charge in [0.15, 0.2) is 11.5 Å². The number of amides is 2. The summed E-state index contributed by atoms with van der Waals surface area (Å²) in [6.07, 6.45) is 1.13. The topological polar surface area (TPSA) is 76.7 Å². The zero-order valence-electron chi connectivity index (χ0n) is 18.4. The first-order valence-corrected chi connectivity index (χ1v) is 10.3. The van der Waals surface area contributed by atoms with Gasteiger partial charge < -0.3 is 20.1 Å². The van der Waals surface area contributed by atoms with Crippen LogP contribution in [-0.4, -0.2) is 25.0 Å². The molecule has 3 aromatic carbocycles. The monoisotopic (exact) mass is 488 g/mol. The number of nitrogens with one attached hydrogen (secondary N) is 2. The zero-order chi connectivity index (χ0) is 25.4. The van der Waals surface area contributed by atoms with Crippen LogP contribution in [0.1, 0.15) is 12.5 Å². The smallest absolute Gasteiger partial charge is 0.387 e. The number of carbonyl (C=O) groups excluding carboxylic acids is 2. The third kappa shape index (κ3) is 6.83. The summed E-state index contributed by atoms with van der Waals surface area (Å²) < 4.78 is 63.2. The predicted octanol–water partition coefficient (Wildman–Crippen LogP) is 5.63. The molecule has 0 aromatic heterocycles. The number of rotatable bonds is 9. The zero-order valence-corrected chi connectivity index (χ0v) is 18.4. The van der Waals surface area contributed by atoms with Gasteiger partial charge in [-0.1, -0.05) is 30.3 Å². The summed E-state index contributed by atoms with van der Waals surface area (Å²) in [7, 11) is 0. The summed E-state index contributed by atoms with van der Waals surface area (Å²) in [6, 6.07) is 14.4. The summed E-state index contributed by atoms with van der Waals surface area (Å²) in [5.74, 6) is -3.75. The van der Waals surface area contributed by atoms with Gasteiger partial charge in [0.25, 0.3) is 11.8 Å². The molecule has 0 unspecified atom stereocenters. The molecule has 0 aliphatic heterocycles. The summed E-state index contributed by atoms with van der Waals surface area (Å²) >= 11 is 0. The molecule has 10 heteroatoms. The highest BCUT2D eigenvalue weighted by Crippen LogP contribution is 2.31. The molecule has 0 spiro atoms. The molecule has 182 valence electrons. The number of benzene rings is 3. The highest BCUT2D eigenvalue weighted by Gasteiger charge is 2.21. The van der Waals surface area contributed by atoms with E-state index >= 15 is 0 Å². The van der Waals surface area contributed by atoms with E-state index in [0.717, 1.165) is 18.2 Å². The third-order valence-corrected chi connectivity index (χ3v) is 4.53. The maximum atomic E-state index is 14.1. The van der Waals surface area contributed by atoms with Crippen LogP contribution in [0, 0.1) is 11.6 Å². The van der Waals surface area contributed by atoms with Crippen LogP contribution >= 0.6 is 0 Å². The lowest BCUT2D eigenvalue weighted by atomic mass is 10.1. The van der Waals surface area contributed by atoms with Crippen molar-refractivity contribution in [2.45, 2.75) is 13.5 Å². The van der Waals surface area contributed by atoms with Gasteiger partial charge in [-0.2, -0.15) is 8.78 Å². The van der Waals surface area contributed by atoms with Crippen LogP contribution in [-0.2, 0) is 9.59 Å². The minimum Gasteiger partial charge on any atom is -0.490 e. The standard InChI is InChI=1S/C25H20F4N2O4/c1-2-34-22-14-15(11-12-21(22)35-25(28)29)13-16(23(32)30-19-9-5-3-7-17(19)26)24(33)31-20-10-6-4-8-18(20)27/h3-14,25H,2H2,1H3,(H,30,32)(H,31,33). The highest BCUT2D eigenvalue weighted by molar-refractivity contribution is 6.28. The van der Waals surface area contributed by atoms with Crippen LogP contribution in [0.4, 0.5) is 28.9 Å². The van der Waals surface area contributed by atoms with E-state index in [1.165, 1.54) is 54.6 Å². The van der Waals surface area contributed by atoms with E-state index < -0.39 is 35.6 Å². The van der Waals surface area contributed by atoms with Gasteiger partial charge in [-0.15, -0.1) is 0 Å². The molecular weight excluding hydrogens is 468 g/mol. The Kier molecular flexibility index (Phi) is 8.44. The van der Waals surface area contributed by atoms with Crippen LogP contribution in [0.25, 0.3) is 6.08 Å². The lowest BCUT2D eigenvalue weighted by molar-refractivity contribution is -0.118. The molecule has 0 aliphatic carbocycles. The molecule has 0 fully saturated rings. The Labute approximate surface area is 198 Å². The van der Waals surface area contributed by atoms with E-state index in [0.29, 0.717) is 0 Å².